The van der Waals surface area contributed by atoms with Crippen LogP contribution < -0.4 is 0 Å². The van der Waals surface area contributed by atoms with Crippen molar-refractivity contribution in [1.82, 2.24) is 0 Å². The molecule has 0 fully saturated rings. The third-order valence-electron chi connectivity index (χ3n) is 15.3. The lowest BCUT2D eigenvalue weighted by Gasteiger charge is -2.25. The molecule has 0 radical (unpaired) electrons. The Hall–Kier alpha value is -3.01. The average molecular weight is 1140 g/mol. The molecule has 0 heterocycles. The molecule has 0 aliphatic rings. The Kier molecular flexibility index (Phi) is 60.7. The number of carboxylic acid groups (broad SMARTS) is 1. The van der Waals surface area contributed by atoms with Crippen LogP contribution in [0.5, 0.6) is 0 Å². The number of ether oxygens (including phenoxy) is 4. The maximum atomic E-state index is 12.9. The number of carboxylic acids is 1. The number of hydrogen-bond acceptors (Lipinski definition) is 7. The SMILES string of the molecule is CC/C=C\C/C=C\C/C=C\C/C=C\C/C=C\CCCCCCCCCCCCCC(=O)OC(COC(=O)CCCCCCCCCCCCCCCCCCCCCCCCCCCCCCC)COC(OCC[N+](C)(C)C)C(=O)O. The van der Waals surface area contributed by atoms with Gasteiger partial charge in [-0.3, -0.25) is 9.59 Å². The second kappa shape index (κ2) is 63.0. The number of hydrogen-bond donors (Lipinski definition) is 1. The van der Waals surface area contributed by atoms with Crippen LogP contribution in [0.15, 0.2) is 60.8 Å². The van der Waals surface area contributed by atoms with Gasteiger partial charge in [0.15, 0.2) is 6.10 Å². The number of quaternary nitrogens is 1. The smallest absolute Gasteiger partial charge is 0.361 e. The van der Waals surface area contributed by atoms with Crippen LogP contribution in [-0.4, -0.2) is 87.4 Å². The van der Waals surface area contributed by atoms with Crippen molar-refractivity contribution in [2.24, 2.45) is 0 Å². The van der Waals surface area contributed by atoms with E-state index >= 15 is 0 Å². The van der Waals surface area contributed by atoms with Crippen LogP contribution in [0.3, 0.4) is 0 Å². The van der Waals surface area contributed by atoms with Crippen LogP contribution in [0.1, 0.15) is 322 Å². The van der Waals surface area contributed by atoms with Gasteiger partial charge >= 0.3 is 17.9 Å². The normalized spacial score (nSPS) is 13.0. The first-order valence-corrected chi connectivity index (χ1v) is 34.5. The molecule has 0 aromatic carbocycles. The molecule has 0 spiro atoms. The molecule has 0 saturated heterocycles. The van der Waals surface area contributed by atoms with Crippen molar-refractivity contribution in [2.75, 3.05) is 47.5 Å². The van der Waals surface area contributed by atoms with Crippen molar-refractivity contribution in [3.05, 3.63) is 60.8 Å². The van der Waals surface area contributed by atoms with Crippen molar-refractivity contribution in [3.8, 4) is 0 Å². The van der Waals surface area contributed by atoms with E-state index in [1.54, 1.807) is 0 Å². The number of esters is 2. The van der Waals surface area contributed by atoms with Gasteiger partial charge in [0.2, 0.25) is 0 Å². The van der Waals surface area contributed by atoms with E-state index < -0.39 is 24.3 Å². The number of carbonyl (C=O) groups excluding carboxylic acids is 2. The molecule has 1 N–H and O–H groups in total. The van der Waals surface area contributed by atoms with Gasteiger partial charge in [0, 0.05) is 12.8 Å². The first-order valence-electron chi connectivity index (χ1n) is 34.5. The number of likely N-dealkylation sites (N-methyl/N-ethyl adjacent to an activating group) is 1. The fourth-order valence-electron chi connectivity index (χ4n) is 10.0. The van der Waals surface area contributed by atoms with Gasteiger partial charge in [-0.05, 0) is 57.8 Å². The van der Waals surface area contributed by atoms with E-state index in [-0.39, 0.29) is 32.2 Å². The first-order chi connectivity index (χ1) is 39.6. The van der Waals surface area contributed by atoms with Crippen molar-refractivity contribution >= 4 is 17.9 Å². The Balaban J connectivity index is 4.10. The van der Waals surface area contributed by atoms with E-state index in [0.29, 0.717) is 17.4 Å². The third kappa shape index (κ3) is 64.4. The van der Waals surface area contributed by atoms with Crippen molar-refractivity contribution in [3.63, 3.8) is 0 Å². The summed E-state index contributed by atoms with van der Waals surface area (Å²) in [5.74, 6) is -1.99. The molecule has 0 aromatic heterocycles. The second-order valence-corrected chi connectivity index (χ2v) is 24.5. The summed E-state index contributed by atoms with van der Waals surface area (Å²) in [6.07, 6.45) is 79.0. The molecule has 9 nitrogen and oxygen atoms in total. The van der Waals surface area contributed by atoms with Gasteiger partial charge in [0.1, 0.15) is 13.2 Å². The lowest BCUT2D eigenvalue weighted by molar-refractivity contribution is -0.870. The summed E-state index contributed by atoms with van der Waals surface area (Å²) >= 11 is 0. The molecule has 0 amide bonds. The van der Waals surface area contributed by atoms with Crippen LogP contribution in [0.2, 0.25) is 0 Å². The van der Waals surface area contributed by atoms with Gasteiger partial charge in [-0.1, -0.05) is 312 Å². The molecule has 0 saturated carbocycles. The molecule has 0 bridgehead atoms. The molecular formula is C72H132NO8+. The van der Waals surface area contributed by atoms with Crippen LogP contribution in [0, 0.1) is 0 Å². The summed E-state index contributed by atoms with van der Waals surface area (Å²) in [7, 11) is 5.98. The minimum Gasteiger partial charge on any atom is -0.477 e. The highest BCUT2D eigenvalue weighted by Crippen LogP contribution is 2.18. The Morgan fingerprint density at radius 2 is 0.704 bits per heavy atom. The summed E-state index contributed by atoms with van der Waals surface area (Å²) in [5, 5.41) is 9.74. The summed E-state index contributed by atoms with van der Waals surface area (Å²) in [5.41, 5.74) is 0. The summed E-state index contributed by atoms with van der Waals surface area (Å²) in [4.78, 5) is 37.6. The Bertz CT molecular complexity index is 1510. The highest BCUT2D eigenvalue weighted by molar-refractivity contribution is 5.71. The zero-order chi connectivity index (χ0) is 59.1. The lowest BCUT2D eigenvalue weighted by Crippen LogP contribution is -2.40. The monoisotopic (exact) mass is 1140 g/mol. The number of aliphatic carboxylic acids is 1. The quantitative estimate of drug-likeness (QED) is 0.0211. The van der Waals surface area contributed by atoms with E-state index in [9.17, 15) is 19.5 Å². The van der Waals surface area contributed by atoms with Gasteiger partial charge in [-0.15, -0.1) is 0 Å². The van der Waals surface area contributed by atoms with Crippen LogP contribution in [0.25, 0.3) is 0 Å². The van der Waals surface area contributed by atoms with Crippen LogP contribution in [0.4, 0.5) is 0 Å². The Labute approximate surface area is 501 Å². The summed E-state index contributed by atoms with van der Waals surface area (Å²) in [6.45, 7) is 4.81. The van der Waals surface area contributed by atoms with E-state index in [2.05, 4.69) is 74.6 Å². The van der Waals surface area contributed by atoms with Gasteiger partial charge in [0.05, 0.1) is 34.4 Å². The zero-order valence-electron chi connectivity index (χ0n) is 53.9. The predicted molar refractivity (Wildman–Crippen MR) is 346 cm³/mol. The summed E-state index contributed by atoms with van der Waals surface area (Å²) in [6, 6.07) is 0. The number of carbonyl (C=O) groups is 3. The molecule has 2 unspecified atom stereocenters. The standard InChI is InChI=1S/C72H131NO8/c1-6-8-10-12-14-16-18-20-22-24-26-28-30-32-34-35-37-38-40-42-44-46-48-50-52-54-56-58-60-62-69(74)79-66-68(67-80-72(71(76)77)78-65-64-73(3,4)5)81-70(75)63-61-59-57-55-53-51-49-47-45-43-41-39-36-33-31-29-27-25-23-21-19-17-15-13-11-9-7-2/h9,11,15,17,21,23,27,29,33,36,68,72H,6-8,10,12-14,16,18-20,22,24-26,28,30-32,34-35,37-67H2,1-5H3/p+1/b11-9-,17-15-,23-21-,29-27-,36-33-. The van der Waals surface area contributed by atoms with Crippen molar-refractivity contribution in [1.29, 1.82) is 0 Å². The number of nitrogens with zero attached hydrogens (tertiary/aromatic N) is 1. The predicted octanol–water partition coefficient (Wildman–Crippen LogP) is 21.1. The number of unbranched alkanes of at least 4 members (excludes halogenated alkanes) is 39. The van der Waals surface area contributed by atoms with Crippen molar-refractivity contribution in [2.45, 2.75) is 334 Å². The molecule has 9 heteroatoms. The van der Waals surface area contributed by atoms with E-state index in [4.69, 9.17) is 18.9 Å². The molecule has 2 atom stereocenters. The lowest BCUT2D eigenvalue weighted by atomic mass is 10.0. The van der Waals surface area contributed by atoms with Gasteiger partial charge < -0.3 is 28.5 Å². The largest absolute Gasteiger partial charge is 0.477 e. The maximum absolute atomic E-state index is 12.9. The minimum atomic E-state index is -1.51. The first kappa shape index (κ1) is 78.0. The van der Waals surface area contributed by atoms with Gasteiger partial charge in [-0.25, -0.2) is 4.79 Å². The topological polar surface area (TPSA) is 108 Å². The maximum Gasteiger partial charge on any atom is 0.361 e. The highest BCUT2D eigenvalue weighted by atomic mass is 16.7. The number of allylic oxidation sites excluding steroid dienone is 10. The van der Waals surface area contributed by atoms with E-state index in [1.807, 2.05) is 21.1 Å². The summed E-state index contributed by atoms with van der Waals surface area (Å²) < 4.78 is 23.0. The molecule has 472 valence electrons. The second-order valence-electron chi connectivity index (χ2n) is 24.5. The fraction of sp³-hybridized carbons (Fsp3) is 0.819. The van der Waals surface area contributed by atoms with Crippen molar-refractivity contribution < 1.29 is 42.9 Å². The van der Waals surface area contributed by atoms with Crippen LogP contribution >= 0.6 is 0 Å². The third-order valence-corrected chi connectivity index (χ3v) is 15.3. The van der Waals surface area contributed by atoms with Crippen LogP contribution in [-0.2, 0) is 33.3 Å². The molecule has 0 rings (SSSR count). The van der Waals surface area contributed by atoms with E-state index in [1.165, 1.54) is 218 Å². The Morgan fingerprint density at radius 1 is 0.383 bits per heavy atom. The average Bonchev–Trinajstić information content (AvgIpc) is 3.44. The molecule has 0 aliphatic carbocycles. The molecule has 81 heavy (non-hydrogen) atoms. The van der Waals surface area contributed by atoms with Gasteiger partial charge in [0.25, 0.3) is 6.29 Å². The van der Waals surface area contributed by atoms with E-state index in [0.717, 1.165) is 77.0 Å². The zero-order valence-corrected chi connectivity index (χ0v) is 53.9. The number of rotatable bonds is 64. The Morgan fingerprint density at radius 3 is 1.05 bits per heavy atom. The highest BCUT2D eigenvalue weighted by Gasteiger charge is 2.25. The van der Waals surface area contributed by atoms with Gasteiger partial charge in [-0.2, -0.15) is 0 Å². The molecule has 0 aliphatic heterocycles. The minimum absolute atomic E-state index is 0.181. The fourth-order valence-corrected chi connectivity index (χ4v) is 10.0. The molecule has 0 aromatic rings. The molecular weight excluding hydrogens is 1010 g/mol.